The van der Waals surface area contributed by atoms with Crippen LogP contribution >= 0.6 is 0 Å². The molecule has 4 aromatic rings. The third-order valence-electron chi connectivity index (χ3n) is 8.43. The number of unbranched alkanes of at least 4 members (excludes halogenated alkanes) is 1. The molecular formula is C31H35N3O5. The van der Waals surface area contributed by atoms with Gasteiger partial charge in [-0.25, -0.2) is 4.98 Å². The number of aliphatic hydroxyl groups excluding tert-OH is 4. The molecule has 5 atom stereocenters. The largest absolute Gasteiger partial charge is 0.493 e. The van der Waals surface area contributed by atoms with Crippen LogP contribution in [0.3, 0.4) is 0 Å². The molecule has 5 N–H and O–H groups in total. The van der Waals surface area contributed by atoms with Gasteiger partial charge in [0.05, 0.1) is 36.4 Å². The fraction of sp³-hybridized carbons (Fsp3) is 0.387. The highest BCUT2D eigenvalue weighted by Gasteiger charge is 2.71. The van der Waals surface area contributed by atoms with Crippen molar-refractivity contribution < 1.29 is 25.2 Å². The maximum Gasteiger partial charge on any atom is 0.204 e. The maximum absolute atomic E-state index is 11.0. The van der Waals surface area contributed by atoms with Crippen LogP contribution in [0.25, 0.3) is 22.2 Å². The smallest absolute Gasteiger partial charge is 0.204 e. The van der Waals surface area contributed by atoms with Crippen LogP contribution < -0.4 is 10.1 Å². The van der Waals surface area contributed by atoms with Gasteiger partial charge in [0.2, 0.25) is 5.95 Å². The molecule has 0 aliphatic heterocycles. The van der Waals surface area contributed by atoms with Crippen LogP contribution in [0, 0.1) is 11.3 Å². The van der Waals surface area contributed by atoms with Crippen molar-refractivity contribution in [3.63, 3.8) is 0 Å². The molecule has 1 heterocycles. The molecule has 2 aliphatic carbocycles. The molecule has 8 heteroatoms. The Labute approximate surface area is 227 Å². The predicted molar refractivity (Wildman–Crippen MR) is 149 cm³/mol. The van der Waals surface area contributed by atoms with E-state index in [0.29, 0.717) is 31.9 Å². The van der Waals surface area contributed by atoms with E-state index in [1.807, 2.05) is 53.1 Å². The van der Waals surface area contributed by atoms with Crippen molar-refractivity contribution in [2.45, 2.75) is 44.1 Å². The quantitative estimate of drug-likeness (QED) is 0.188. The van der Waals surface area contributed by atoms with Gasteiger partial charge in [0, 0.05) is 24.1 Å². The number of ether oxygens (including phenoxy) is 1. The maximum atomic E-state index is 11.0. The molecule has 6 rings (SSSR count). The summed E-state index contributed by atoms with van der Waals surface area (Å²) in [7, 11) is 0. The van der Waals surface area contributed by atoms with Gasteiger partial charge in [-0.1, -0.05) is 54.6 Å². The van der Waals surface area contributed by atoms with Crippen molar-refractivity contribution in [2.24, 2.45) is 11.3 Å². The lowest BCUT2D eigenvalue weighted by Gasteiger charge is -2.25. The third kappa shape index (κ3) is 4.57. The lowest BCUT2D eigenvalue weighted by atomic mass is 10.0. The number of nitrogens with zero attached hydrogens (tertiary/aromatic N) is 2. The number of hydrogen-bond acceptors (Lipinski definition) is 7. The number of nitrogens with one attached hydrogen (secondary N) is 1. The summed E-state index contributed by atoms with van der Waals surface area (Å²) < 4.78 is 8.17. The molecule has 0 saturated heterocycles. The summed E-state index contributed by atoms with van der Waals surface area (Å²) in [6.45, 7) is 0.999. The Morgan fingerprint density at radius 2 is 1.77 bits per heavy atom. The van der Waals surface area contributed by atoms with E-state index in [0.717, 1.165) is 39.9 Å². The molecule has 8 nitrogen and oxygen atoms in total. The van der Waals surface area contributed by atoms with Gasteiger partial charge in [-0.3, -0.25) is 0 Å². The summed E-state index contributed by atoms with van der Waals surface area (Å²) in [5.74, 6) is 1.38. The monoisotopic (exact) mass is 529 g/mol. The van der Waals surface area contributed by atoms with E-state index >= 15 is 0 Å². The van der Waals surface area contributed by atoms with Gasteiger partial charge in [0.1, 0.15) is 11.9 Å². The normalized spacial score (nSPS) is 25.5. The molecule has 5 unspecified atom stereocenters. The number of hydrogen-bond donors (Lipinski definition) is 5. The van der Waals surface area contributed by atoms with E-state index in [4.69, 9.17) is 14.8 Å². The van der Waals surface area contributed by atoms with E-state index < -0.39 is 17.6 Å². The summed E-state index contributed by atoms with van der Waals surface area (Å²) in [4.78, 5) is 4.83. The van der Waals surface area contributed by atoms with Crippen molar-refractivity contribution >= 4 is 17.0 Å². The standard InChI is InChI=1S/C31H35N3O5/c35-14-6-7-15-39-26-16-20(12-13-22(26)21-8-2-1-3-9-21)18-32-30-33-24-10-4-5-11-25(24)34(30)27-23-17-31(23,19-36)29(38)28(27)37/h1-5,8-13,16,23,27-29,35-38H,6-7,14-15,17-19H2,(H,32,33). The fourth-order valence-corrected chi connectivity index (χ4v) is 6.22. The zero-order chi connectivity index (χ0) is 27.0. The lowest BCUT2D eigenvalue weighted by molar-refractivity contribution is -0.0298. The summed E-state index contributed by atoms with van der Waals surface area (Å²) in [6.07, 6.45) is 0.179. The number of imidazole rings is 1. The first kappa shape index (κ1) is 25.8. The zero-order valence-corrected chi connectivity index (χ0v) is 21.8. The van der Waals surface area contributed by atoms with Gasteiger partial charge < -0.3 is 35.0 Å². The Balaban J connectivity index is 1.29. The highest BCUT2D eigenvalue weighted by atomic mass is 16.5. The van der Waals surface area contributed by atoms with Gasteiger partial charge in [-0.2, -0.15) is 0 Å². The number of rotatable bonds is 11. The molecule has 0 spiro atoms. The summed E-state index contributed by atoms with van der Waals surface area (Å²) >= 11 is 0. The van der Waals surface area contributed by atoms with Crippen molar-refractivity contribution in [3.8, 4) is 16.9 Å². The second kappa shape index (κ2) is 10.6. The molecular weight excluding hydrogens is 494 g/mol. The van der Waals surface area contributed by atoms with E-state index in [1.165, 1.54) is 0 Å². The summed E-state index contributed by atoms with van der Waals surface area (Å²) in [6, 6.07) is 23.7. The first-order valence-electron chi connectivity index (χ1n) is 13.7. The van der Waals surface area contributed by atoms with E-state index in [9.17, 15) is 15.3 Å². The van der Waals surface area contributed by atoms with Crippen LogP contribution in [-0.2, 0) is 6.54 Å². The summed E-state index contributed by atoms with van der Waals surface area (Å²) in [5, 5.41) is 44.4. The van der Waals surface area contributed by atoms with Crippen LogP contribution in [0.2, 0.25) is 0 Å². The molecule has 3 aromatic carbocycles. The Bertz CT molecular complexity index is 1440. The van der Waals surface area contributed by atoms with Crippen molar-refractivity contribution in [1.29, 1.82) is 0 Å². The summed E-state index contributed by atoms with van der Waals surface area (Å²) in [5.41, 5.74) is 4.13. The number of fused-ring (bicyclic) bond motifs is 2. The number of aromatic nitrogens is 2. The molecule has 0 bridgehead atoms. The number of benzene rings is 3. The highest BCUT2D eigenvalue weighted by Crippen LogP contribution is 2.67. The molecule has 0 amide bonds. The second-order valence-electron chi connectivity index (χ2n) is 10.8. The Hall–Kier alpha value is -3.43. The second-order valence-corrected chi connectivity index (χ2v) is 10.8. The van der Waals surface area contributed by atoms with Gasteiger partial charge in [-0.15, -0.1) is 0 Å². The van der Waals surface area contributed by atoms with Gasteiger partial charge in [0.25, 0.3) is 0 Å². The predicted octanol–water partition coefficient (Wildman–Crippen LogP) is 3.74. The Morgan fingerprint density at radius 3 is 2.54 bits per heavy atom. The first-order valence-corrected chi connectivity index (χ1v) is 13.7. The third-order valence-corrected chi connectivity index (χ3v) is 8.43. The van der Waals surface area contributed by atoms with Crippen LogP contribution in [0.15, 0.2) is 72.8 Å². The van der Waals surface area contributed by atoms with E-state index in [2.05, 4.69) is 29.6 Å². The Kier molecular flexibility index (Phi) is 7.03. The van der Waals surface area contributed by atoms with Crippen molar-refractivity contribution in [3.05, 3.63) is 78.4 Å². The molecule has 2 saturated carbocycles. The Morgan fingerprint density at radius 1 is 0.974 bits per heavy atom. The van der Waals surface area contributed by atoms with Gasteiger partial charge >= 0.3 is 0 Å². The molecule has 39 heavy (non-hydrogen) atoms. The van der Waals surface area contributed by atoms with Gasteiger partial charge in [0.15, 0.2) is 0 Å². The first-order chi connectivity index (χ1) is 19.1. The number of para-hydroxylation sites is 2. The number of aliphatic hydroxyl groups is 4. The van der Waals surface area contributed by atoms with Crippen LogP contribution in [0.1, 0.15) is 30.9 Å². The van der Waals surface area contributed by atoms with Crippen molar-refractivity contribution in [1.82, 2.24) is 9.55 Å². The topological polar surface area (TPSA) is 120 Å². The van der Waals surface area contributed by atoms with E-state index in [1.54, 1.807) is 0 Å². The number of anilines is 1. The minimum absolute atomic E-state index is 0.0188. The highest BCUT2D eigenvalue weighted by molar-refractivity contribution is 5.79. The average Bonchev–Trinajstić information content (AvgIpc) is 3.54. The van der Waals surface area contributed by atoms with Gasteiger partial charge in [-0.05, 0) is 54.5 Å². The SMILES string of the molecule is OCCCCOc1cc(CNc2nc3ccccc3n2C2C(O)C(O)C3(CO)CC23)ccc1-c1ccccc1. The fourth-order valence-electron chi connectivity index (χ4n) is 6.22. The molecule has 0 radical (unpaired) electrons. The average molecular weight is 530 g/mol. The van der Waals surface area contributed by atoms with Crippen LogP contribution in [-0.4, -0.2) is 62.0 Å². The minimum atomic E-state index is -0.988. The zero-order valence-electron chi connectivity index (χ0n) is 21.8. The van der Waals surface area contributed by atoms with E-state index in [-0.39, 0.29) is 25.2 Å². The molecule has 2 fully saturated rings. The van der Waals surface area contributed by atoms with Crippen LogP contribution in [0.5, 0.6) is 5.75 Å². The molecule has 204 valence electrons. The minimum Gasteiger partial charge on any atom is -0.493 e. The van der Waals surface area contributed by atoms with Crippen LogP contribution in [0.4, 0.5) is 5.95 Å². The molecule has 1 aromatic heterocycles. The lowest BCUT2D eigenvalue weighted by Crippen LogP contribution is -2.35. The molecule has 2 aliphatic rings. The van der Waals surface area contributed by atoms with Crippen molar-refractivity contribution in [2.75, 3.05) is 25.1 Å².